The van der Waals surface area contributed by atoms with Crippen LogP contribution in [0.2, 0.25) is 0 Å². The van der Waals surface area contributed by atoms with Gasteiger partial charge in [-0.15, -0.1) is 0 Å². The van der Waals surface area contributed by atoms with E-state index in [4.69, 9.17) is 10.4 Å². The molecule has 0 aliphatic rings. The summed E-state index contributed by atoms with van der Waals surface area (Å²) < 4.78 is 38.5. The highest BCUT2D eigenvalue weighted by atomic mass is 19.4. The third kappa shape index (κ3) is 2.99. The molecule has 1 rings (SSSR count). The molecule has 0 aliphatic heterocycles. The number of nitro groups is 1. The third-order valence-corrected chi connectivity index (χ3v) is 2.57. The number of aromatic nitrogens is 1. The summed E-state index contributed by atoms with van der Waals surface area (Å²) in [6.45, 7) is 0.347. The Morgan fingerprint density at radius 2 is 2.14 bits per heavy atom. The average Bonchev–Trinajstić information content (AvgIpc) is 2.37. The van der Waals surface area contributed by atoms with Gasteiger partial charge >= 0.3 is 12.1 Å². The minimum Gasteiger partial charge on any atom is -0.479 e. The molecular weight excluding hydrogens is 297 g/mol. The summed E-state index contributed by atoms with van der Waals surface area (Å²) in [5.74, 6) is -2.95. The Morgan fingerprint density at radius 3 is 2.52 bits per heavy atom. The summed E-state index contributed by atoms with van der Waals surface area (Å²) in [5.41, 5.74) is -4.59. The van der Waals surface area contributed by atoms with Crippen LogP contribution in [0.3, 0.4) is 0 Å². The number of anilines is 1. The maximum atomic E-state index is 12.8. The van der Waals surface area contributed by atoms with E-state index >= 15 is 0 Å². The molecule has 0 spiro atoms. The maximum absolute atomic E-state index is 12.8. The molecule has 2 N–H and O–H groups in total. The molecule has 1 atom stereocenters. The summed E-state index contributed by atoms with van der Waals surface area (Å²) in [6, 6.07) is 2.10. The fourth-order valence-corrected chi connectivity index (χ4v) is 1.22. The van der Waals surface area contributed by atoms with Gasteiger partial charge in [0.25, 0.3) is 5.69 Å². The van der Waals surface area contributed by atoms with Crippen LogP contribution >= 0.6 is 0 Å². The highest BCUT2D eigenvalue weighted by molar-refractivity contribution is 5.83. The molecule has 0 aliphatic carbocycles. The number of halogens is 3. The first-order chi connectivity index (χ1) is 9.52. The zero-order chi connectivity index (χ0) is 16.4. The molecule has 0 aromatic carbocycles. The van der Waals surface area contributed by atoms with Crippen molar-refractivity contribution in [3.05, 3.63) is 27.9 Å². The van der Waals surface area contributed by atoms with E-state index in [9.17, 15) is 28.1 Å². The first-order valence-electron chi connectivity index (χ1n) is 5.15. The largest absolute Gasteiger partial charge is 0.479 e. The maximum Gasteiger partial charge on any atom is 0.422 e. The molecule has 1 unspecified atom stereocenters. The molecule has 0 bridgehead atoms. The zero-order valence-corrected chi connectivity index (χ0v) is 10.3. The molecule has 8 nitrogen and oxygen atoms in total. The van der Waals surface area contributed by atoms with E-state index in [-0.39, 0.29) is 0 Å². The minimum atomic E-state index is -5.19. The lowest BCUT2D eigenvalue weighted by Gasteiger charge is -2.29. The van der Waals surface area contributed by atoms with Crippen LogP contribution in [0, 0.1) is 21.4 Å². The number of nitrogens with zero attached hydrogens (tertiary/aromatic N) is 3. The molecule has 112 valence electrons. The van der Waals surface area contributed by atoms with Crippen molar-refractivity contribution in [1.82, 2.24) is 4.98 Å². The molecular formula is C10H7F3N4O4. The Morgan fingerprint density at radius 1 is 1.57 bits per heavy atom. The monoisotopic (exact) mass is 304 g/mol. The second-order valence-electron chi connectivity index (χ2n) is 4.01. The molecule has 1 aromatic rings. The van der Waals surface area contributed by atoms with E-state index in [0.29, 0.717) is 19.2 Å². The van der Waals surface area contributed by atoms with E-state index in [1.807, 2.05) is 0 Å². The summed E-state index contributed by atoms with van der Waals surface area (Å²) >= 11 is 0. The van der Waals surface area contributed by atoms with Gasteiger partial charge in [0, 0.05) is 6.07 Å². The highest BCUT2D eigenvalue weighted by Gasteiger charge is 2.58. The zero-order valence-electron chi connectivity index (χ0n) is 10.3. The quantitative estimate of drug-likeness (QED) is 0.639. The van der Waals surface area contributed by atoms with Gasteiger partial charge in [0.15, 0.2) is 0 Å². The summed E-state index contributed by atoms with van der Waals surface area (Å²) in [4.78, 5) is 23.8. The predicted octanol–water partition coefficient (Wildman–Crippen LogP) is 1.68. The van der Waals surface area contributed by atoms with Crippen molar-refractivity contribution in [1.29, 1.82) is 5.26 Å². The second-order valence-corrected chi connectivity index (χ2v) is 4.01. The lowest BCUT2D eigenvalue weighted by Crippen LogP contribution is -2.55. The summed E-state index contributed by atoms with van der Waals surface area (Å²) in [7, 11) is 0. The summed E-state index contributed by atoms with van der Waals surface area (Å²) in [6.07, 6.45) is -4.57. The van der Waals surface area contributed by atoms with Gasteiger partial charge in [-0.25, -0.2) is 9.78 Å². The minimum absolute atomic E-state index is 0.347. The van der Waals surface area contributed by atoms with Crippen LogP contribution in [-0.2, 0) is 4.79 Å². The lowest BCUT2D eigenvalue weighted by atomic mass is 10.0. The molecule has 0 fully saturated rings. The molecule has 21 heavy (non-hydrogen) atoms. The van der Waals surface area contributed by atoms with Crippen LogP contribution < -0.4 is 5.32 Å². The van der Waals surface area contributed by atoms with E-state index < -0.39 is 39.7 Å². The number of pyridine rings is 1. The third-order valence-electron chi connectivity index (χ3n) is 2.57. The molecule has 1 heterocycles. The van der Waals surface area contributed by atoms with Gasteiger partial charge in [0.1, 0.15) is 23.6 Å². The van der Waals surface area contributed by atoms with Gasteiger partial charge < -0.3 is 10.4 Å². The van der Waals surface area contributed by atoms with Crippen molar-refractivity contribution >= 4 is 17.5 Å². The number of nitrogens with one attached hydrogen (secondary N) is 1. The van der Waals surface area contributed by atoms with Crippen LogP contribution in [0.5, 0.6) is 0 Å². The number of hydrogen-bond donors (Lipinski definition) is 2. The Labute approximate surface area is 115 Å². The number of rotatable bonds is 4. The number of alkyl halides is 3. The number of hydrogen-bond acceptors (Lipinski definition) is 6. The van der Waals surface area contributed by atoms with Gasteiger partial charge in [-0.2, -0.15) is 18.4 Å². The first-order valence-corrected chi connectivity index (χ1v) is 5.15. The SMILES string of the molecule is CC(Nc1ncc([N+](=O)[O-])cc1C#N)(C(=O)O)C(F)(F)F. The fourth-order valence-electron chi connectivity index (χ4n) is 1.22. The summed E-state index contributed by atoms with van der Waals surface area (Å²) in [5, 5.41) is 29.6. The number of carboxylic acids is 1. The topological polar surface area (TPSA) is 129 Å². The van der Waals surface area contributed by atoms with Crippen LogP contribution in [0.25, 0.3) is 0 Å². The van der Waals surface area contributed by atoms with E-state index in [0.717, 1.165) is 0 Å². The normalized spacial score (nSPS) is 13.9. The van der Waals surface area contributed by atoms with E-state index in [2.05, 4.69) is 4.98 Å². The van der Waals surface area contributed by atoms with Crippen molar-refractivity contribution in [3.8, 4) is 6.07 Å². The van der Waals surface area contributed by atoms with Crippen LogP contribution in [0.15, 0.2) is 12.3 Å². The smallest absolute Gasteiger partial charge is 0.422 e. The molecule has 0 saturated carbocycles. The lowest BCUT2D eigenvalue weighted by molar-refractivity contribution is -0.385. The predicted molar refractivity (Wildman–Crippen MR) is 61.3 cm³/mol. The molecule has 11 heteroatoms. The Bertz CT molecular complexity index is 640. The van der Waals surface area contributed by atoms with Crippen LogP contribution in [0.1, 0.15) is 12.5 Å². The number of carbonyl (C=O) groups is 1. The van der Waals surface area contributed by atoms with Crippen LogP contribution in [-0.4, -0.2) is 32.7 Å². The average molecular weight is 304 g/mol. The van der Waals surface area contributed by atoms with Gasteiger partial charge in [-0.05, 0) is 6.92 Å². The van der Waals surface area contributed by atoms with E-state index in [1.165, 1.54) is 6.07 Å². The van der Waals surface area contributed by atoms with Gasteiger partial charge in [-0.3, -0.25) is 10.1 Å². The number of nitriles is 1. The van der Waals surface area contributed by atoms with Gasteiger partial charge in [0.05, 0.1) is 4.92 Å². The van der Waals surface area contributed by atoms with Crippen molar-refractivity contribution in [3.63, 3.8) is 0 Å². The van der Waals surface area contributed by atoms with Crippen LogP contribution in [0.4, 0.5) is 24.7 Å². The molecule has 0 amide bonds. The van der Waals surface area contributed by atoms with Crippen molar-refractivity contribution in [2.24, 2.45) is 0 Å². The number of aliphatic carboxylic acids is 1. The fraction of sp³-hybridized carbons (Fsp3) is 0.300. The molecule has 0 saturated heterocycles. The Balaban J connectivity index is 3.33. The van der Waals surface area contributed by atoms with Crippen molar-refractivity contribution < 1.29 is 28.0 Å². The Hall–Kier alpha value is -2.90. The van der Waals surface area contributed by atoms with E-state index in [1.54, 1.807) is 5.32 Å². The van der Waals surface area contributed by atoms with Crippen molar-refractivity contribution in [2.75, 3.05) is 5.32 Å². The second kappa shape index (κ2) is 5.23. The standard InChI is InChI=1S/C10H7F3N4O4/c1-9(8(18)19,10(11,12)13)16-7-5(3-14)2-6(4-15-7)17(20)21/h2,4H,1H3,(H,15,16)(H,18,19). The number of carboxylic acid groups (broad SMARTS) is 1. The molecule has 1 aromatic heterocycles. The van der Waals surface area contributed by atoms with Gasteiger partial charge in [-0.1, -0.05) is 0 Å². The molecule has 0 radical (unpaired) electrons. The Kier molecular flexibility index (Phi) is 4.03. The first kappa shape index (κ1) is 16.2. The highest BCUT2D eigenvalue weighted by Crippen LogP contribution is 2.34. The van der Waals surface area contributed by atoms with Crippen molar-refractivity contribution in [2.45, 2.75) is 18.6 Å². The van der Waals surface area contributed by atoms with Gasteiger partial charge in [0.2, 0.25) is 5.54 Å².